The molecule has 3 aromatic rings. The molecule has 1 aromatic heterocycles. The van der Waals surface area contributed by atoms with E-state index < -0.39 is 4.92 Å². The number of non-ortho nitro benzene ring substituents is 1. The molecular weight excluding hydrogens is 320 g/mol. The van der Waals surface area contributed by atoms with Gasteiger partial charge in [-0.1, -0.05) is 0 Å². The number of nitrogens with zero attached hydrogens (tertiary/aromatic N) is 3. The van der Waals surface area contributed by atoms with Gasteiger partial charge in [-0.15, -0.1) is 0 Å². The molecule has 1 N–H and O–H groups in total. The molecule has 25 heavy (non-hydrogen) atoms. The smallest absolute Gasteiger partial charge is 0.269 e. The number of hydrogen-bond acceptors (Lipinski definition) is 5. The van der Waals surface area contributed by atoms with Crippen LogP contribution in [0, 0.1) is 10.1 Å². The zero-order chi connectivity index (χ0) is 17.6. The SMILES string of the molecule is COc1ccc(-n2ccc(/C=N\Nc3ccc([N+](=O)[O-])cc3)c2)cc1. The Bertz CT molecular complexity index is 883. The van der Waals surface area contributed by atoms with Crippen molar-refractivity contribution in [3.63, 3.8) is 0 Å². The summed E-state index contributed by atoms with van der Waals surface area (Å²) in [5.41, 5.74) is 5.51. The monoisotopic (exact) mass is 336 g/mol. The standard InChI is InChI=1S/C18H16N4O3/c1-25-18-8-6-16(7-9-18)21-11-10-14(13-21)12-19-20-15-2-4-17(5-3-15)22(23)24/h2-13,20H,1H3/b19-12-. The number of hydrazone groups is 1. The summed E-state index contributed by atoms with van der Waals surface area (Å²) in [4.78, 5) is 10.2. The van der Waals surface area contributed by atoms with Crippen LogP contribution in [0.15, 0.2) is 72.1 Å². The highest BCUT2D eigenvalue weighted by Crippen LogP contribution is 2.16. The molecule has 2 aromatic carbocycles. The Morgan fingerprint density at radius 2 is 1.84 bits per heavy atom. The third kappa shape index (κ3) is 4.03. The van der Waals surface area contributed by atoms with E-state index in [2.05, 4.69) is 10.5 Å². The van der Waals surface area contributed by atoms with Crippen LogP contribution in [-0.4, -0.2) is 22.8 Å². The molecule has 0 fully saturated rings. The maximum absolute atomic E-state index is 10.6. The summed E-state index contributed by atoms with van der Waals surface area (Å²) in [5.74, 6) is 0.810. The number of hydrogen-bond donors (Lipinski definition) is 1. The molecule has 7 nitrogen and oxygen atoms in total. The fourth-order valence-electron chi connectivity index (χ4n) is 2.24. The molecule has 3 rings (SSSR count). The van der Waals surface area contributed by atoms with Gasteiger partial charge in [0.1, 0.15) is 5.75 Å². The third-order valence-corrected chi connectivity index (χ3v) is 3.57. The molecule has 0 bridgehead atoms. The summed E-state index contributed by atoms with van der Waals surface area (Å²) >= 11 is 0. The number of anilines is 1. The van der Waals surface area contributed by atoms with E-state index in [4.69, 9.17) is 4.74 Å². The van der Waals surface area contributed by atoms with Crippen LogP contribution in [0.2, 0.25) is 0 Å². The number of benzene rings is 2. The van der Waals surface area contributed by atoms with Crippen LogP contribution in [-0.2, 0) is 0 Å². The fourth-order valence-corrected chi connectivity index (χ4v) is 2.24. The summed E-state index contributed by atoms with van der Waals surface area (Å²) < 4.78 is 7.13. The Hall–Kier alpha value is -3.61. The normalized spacial score (nSPS) is 10.8. The van der Waals surface area contributed by atoms with Gasteiger partial charge in [-0.2, -0.15) is 5.10 Å². The zero-order valence-corrected chi connectivity index (χ0v) is 13.5. The van der Waals surface area contributed by atoms with Crippen LogP contribution in [0.1, 0.15) is 5.56 Å². The van der Waals surface area contributed by atoms with E-state index in [-0.39, 0.29) is 5.69 Å². The molecule has 7 heteroatoms. The van der Waals surface area contributed by atoms with Gasteiger partial charge in [0.2, 0.25) is 0 Å². The lowest BCUT2D eigenvalue weighted by molar-refractivity contribution is -0.384. The van der Waals surface area contributed by atoms with Crippen LogP contribution in [0.4, 0.5) is 11.4 Å². The van der Waals surface area contributed by atoms with Crippen molar-refractivity contribution < 1.29 is 9.66 Å². The lowest BCUT2D eigenvalue weighted by Crippen LogP contribution is -1.92. The van der Waals surface area contributed by atoms with Crippen LogP contribution < -0.4 is 10.2 Å². The van der Waals surface area contributed by atoms with Crippen molar-refractivity contribution in [1.82, 2.24) is 4.57 Å². The van der Waals surface area contributed by atoms with E-state index in [0.29, 0.717) is 5.69 Å². The van der Waals surface area contributed by atoms with Crippen molar-refractivity contribution in [2.45, 2.75) is 0 Å². The number of rotatable bonds is 6. The molecule has 0 atom stereocenters. The van der Waals surface area contributed by atoms with Crippen molar-refractivity contribution in [3.05, 3.63) is 82.7 Å². The van der Waals surface area contributed by atoms with E-state index in [9.17, 15) is 10.1 Å². The van der Waals surface area contributed by atoms with Crippen molar-refractivity contribution in [1.29, 1.82) is 0 Å². The molecule has 0 spiro atoms. The van der Waals surface area contributed by atoms with E-state index in [1.807, 2.05) is 47.3 Å². The lowest BCUT2D eigenvalue weighted by Gasteiger charge is -2.04. The summed E-state index contributed by atoms with van der Waals surface area (Å²) in [6.07, 6.45) is 5.57. The first-order valence-corrected chi connectivity index (χ1v) is 7.52. The predicted molar refractivity (Wildman–Crippen MR) is 96.6 cm³/mol. The van der Waals surface area contributed by atoms with Crippen LogP contribution >= 0.6 is 0 Å². The molecule has 0 aliphatic heterocycles. The van der Waals surface area contributed by atoms with E-state index in [1.165, 1.54) is 12.1 Å². The average Bonchev–Trinajstić information content (AvgIpc) is 3.11. The molecule has 0 unspecified atom stereocenters. The summed E-state index contributed by atoms with van der Waals surface area (Å²) in [7, 11) is 1.64. The molecule has 1 heterocycles. The van der Waals surface area contributed by atoms with Gasteiger partial charge in [-0.25, -0.2) is 0 Å². The summed E-state index contributed by atoms with van der Waals surface area (Å²) in [6, 6.07) is 15.7. The maximum Gasteiger partial charge on any atom is 0.269 e. The van der Waals surface area contributed by atoms with Crippen LogP contribution in [0.5, 0.6) is 5.75 Å². The number of aromatic nitrogens is 1. The van der Waals surface area contributed by atoms with Gasteiger partial charge in [-0.05, 0) is 42.5 Å². The second-order valence-corrected chi connectivity index (χ2v) is 5.22. The van der Waals surface area contributed by atoms with Crippen molar-refractivity contribution in [2.75, 3.05) is 12.5 Å². The topological polar surface area (TPSA) is 81.7 Å². The summed E-state index contributed by atoms with van der Waals surface area (Å²) in [5, 5.41) is 14.8. The largest absolute Gasteiger partial charge is 0.497 e. The van der Waals surface area contributed by atoms with Crippen molar-refractivity contribution in [3.8, 4) is 11.4 Å². The van der Waals surface area contributed by atoms with E-state index in [1.54, 1.807) is 25.5 Å². The van der Waals surface area contributed by atoms with Gasteiger partial charge in [0.05, 0.1) is 23.9 Å². The quantitative estimate of drug-likeness (QED) is 0.421. The highest BCUT2D eigenvalue weighted by molar-refractivity contribution is 5.80. The number of ether oxygens (including phenoxy) is 1. The predicted octanol–water partition coefficient (Wildman–Crippen LogP) is 3.84. The maximum atomic E-state index is 10.6. The number of nitro benzene ring substituents is 1. The van der Waals surface area contributed by atoms with E-state index >= 15 is 0 Å². The first-order valence-electron chi connectivity index (χ1n) is 7.52. The summed E-state index contributed by atoms with van der Waals surface area (Å²) in [6.45, 7) is 0. The fraction of sp³-hybridized carbons (Fsp3) is 0.0556. The first-order chi connectivity index (χ1) is 12.2. The Morgan fingerprint density at radius 3 is 2.48 bits per heavy atom. The molecular formula is C18H16N4O3. The van der Waals surface area contributed by atoms with Gasteiger partial charge >= 0.3 is 0 Å². The molecule has 0 saturated carbocycles. The minimum Gasteiger partial charge on any atom is -0.497 e. The zero-order valence-electron chi connectivity index (χ0n) is 13.5. The molecule has 0 saturated heterocycles. The van der Waals surface area contributed by atoms with Gasteiger partial charge in [0.15, 0.2) is 0 Å². The van der Waals surface area contributed by atoms with Gasteiger partial charge in [0, 0.05) is 35.8 Å². The van der Waals surface area contributed by atoms with Crippen LogP contribution in [0.25, 0.3) is 5.69 Å². The Labute approximate surface area is 144 Å². The van der Waals surface area contributed by atoms with E-state index in [0.717, 1.165) is 17.0 Å². The first kappa shape index (κ1) is 16.3. The Kier molecular flexibility index (Phi) is 4.75. The molecule has 126 valence electrons. The minimum atomic E-state index is -0.436. The van der Waals surface area contributed by atoms with Crippen molar-refractivity contribution >= 4 is 17.6 Å². The van der Waals surface area contributed by atoms with Gasteiger partial charge in [0.25, 0.3) is 5.69 Å². The number of methoxy groups -OCH3 is 1. The highest BCUT2D eigenvalue weighted by atomic mass is 16.6. The molecule has 0 amide bonds. The Balaban J connectivity index is 1.64. The second kappa shape index (κ2) is 7.31. The van der Waals surface area contributed by atoms with Gasteiger partial charge in [-0.3, -0.25) is 15.5 Å². The van der Waals surface area contributed by atoms with Crippen LogP contribution in [0.3, 0.4) is 0 Å². The average molecular weight is 336 g/mol. The number of nitrogens with one attached hydrogen (secondary N) is 1. The van der Waals surface area contributed by atoms with Crippen molar-refractivity contribution in [2.24, 2.45) is 5.10 Å². The molecule has 0 aliphatic carbocycles. The second-order valence-electron chi connectivity index (χ2n) is 5.22. The molecule has 0 radical (unpaired) electrons. The minimum absolute atomic E-state index is 0.0473. The molecule has 0 aliphatic rings. The van der Waals surface area contributed by atoms with Gasteiger partial charge < -0.3 is 9.30 Å². The number of nitro groups is 1. The lowest BCUT2D eigenvalue weighted by atomic mass is 10.3. The highest BCUT2D eigenvalue weighted by Gasteiger charge is 2.03. The Morgan fingerprint density at radius 1 is 1.12 bits per heavy atom. The third-order valence-electron chi connectivity index (χ3n) is 3.57.